The minimum atomic E-state index is -4.30. The molecular weight excluding hydrogens is 315 g/mol. The third-order valence-corrected chi connectivity index (χ3v) is 7.13. The largest absolute Gasteiger partial charge is 0.443 e. The zero-order valence-corrected chi connectivity index (χ0v) is 11.0. The van der Waals surface area contributed by atoms with Gasteiger partial charge < -0.3 is 4.90 Å². The van der Waals surface area contributed by atoms with E-state index in [4.69, 9.17) is 0 Å². The van der Waals surface area contributed by atoms with E-state index in [1.807, 2.05) is 0 Å². The maximum Gasteiger partial charge on any atom is 0.443 e. The van der Waals surface area contributed by atoms with Gasteiger partial charge in [-0.15, -0.1) is 0 Å². The van der Waals surface area contributed by atoms with Crippen LogP contribution in [0, 0.1) is 0 Å². The third-order valence-electron chi connectivity index (χ3n) is 2.23. The molecule has 0 aromatic carbocycles. The average molecular weight is 324 g/mol. The second kappa shape index (κ2) is 4.42. The molecule has 2 aliphatic heterocycles. The lowest BCUT2D eigenvalue weighted by atomic mass is 10.5. The number of hydrogen-bond donors (Lipinski definition) is 0. The first kappa shape index (κ1) is 12.6. The second-order valence-electron chi connectivity index (χ2n) is 3.34. The van der Waals surface area contributed by atoms with E-state index in [9.17, 15) is 13.2 Å². The van der Waals surface area contributed by atoms with Crippen LogP contribution in [0.1, 0.15) is 0 Å². The summed E-state index contributed by atoms with van der Waals surface area (Å²) in [4.78, 5) is 1.48. The van der Waals surface area contributed by atoms with Gasteiger partial charge in [0.15, 0.2) is 0 Å². The smallest absolute Gasteiger partial charge is 0.319 e. The number of allylic oxidation sites excluding steroid dienone is 6. The maximum absolute atomic E-state index is 13.1. The fourth-order valence-corrected chi connectivity index (χ4v) is 4.17. The van der Waals surface area contributed by atoms with E-state index in [0.717, 1.165) is 0 Å². The summed E-state index contributed by atoms with van der Waals surface area (Å²) in [5.74, 6) is 0. The topological polar surface area (TPSA) is 3.24 Å². The quantitative estimate of drug-likeness (QED) is 0.664. The van der Waals surface area contributed by atoms with Crippen molar-refractivity contribution in [1.29, 1.82) is 0 Å². The molecule has 2 rings (SSSR count). The summed E-state index contributed by atoms with van der Waals surface area (Å²) in [7, 11) is -3.09. The molecule has 0 radical (unpaired) electrons. The molecule has 2 heterocycles. The highest BCUT2D eigenvalue weighted by atomic mass is 79.9. The van der Waals surface area contributed by atoms with Crippen molar-refractivity contribution in [2.45, 2.75) is 5.51 Å². The molecule has 2 aliphatic rings. The Balaban J connectivity index is 2.34. The highest BCUT2D eigenvalue weighted by Gasteiger charge is 2.52. The first-order valence-corrected chi connectivity index (χ1v) is 8.27. The summed E-state index contributed by atoms with van der Waals surface area (Å²) < 4.78 is 39.2. The standard InChI is InChI=1S/C11H9BrF3NS/c12-17(11(13,14)15)9-5-6-10(17)16-7-3-1-2-4-8-16/h1-9H. The number of rotatable bonds is 1. The van der Waals surface area contributed by atoms with Crippen LogP contribution < -0.4 is 0 Å². The molecule has 0 amide bonds. The van der Waals surface area contributed by atoms with Gasteiger partial charge in [-0.25, -0.2) is 0 Å². The molecule has 0 N–H and O–H groups in total. The number of hydrogen-bond acceptors (Lipinski definition) is 1. The molecule has 1 atom stereocenters. The van der Waals surface area contributed by atoms with E-state index >= 15 is 0 Å². The van der Waals surface area contributed by atoms with Gasteiger partial charge in [0, 0.05) is 12.4 Å². The molecule has 0 bridgehead atoms. The molecule has 0 fully saturated rings. The van der Waals surface area contributed by atoms with Crippen molar-refractivity contribution in [1.82, 2.24) is 4.90 Å². The Morgan fingerprint density at radius 3 is 2.12 bits per heavy atom. The van der Waals surface area contributed by atoms with Gasteiger partial charge in [-0.1, -0.05) is 18.2 Å². The Kier molecular flexibility index (Phi) is 3.27. The zero-order chi connectivity index (χ0) is 12.5. The van der Waals surface area contributed by atoms with Crippen LogP contribution >= 0.6 is 23.3 Å². The van der Waals surface area contributed by atoms with Gasteiger partial charge in [0.2, 0.25) is 0 Å². The summed E-state index contributed by atoms with van der Waals surface area (Å²) >= 11 is 2.87. The van der Waals surface area contributed by atoms with Crippen LogP contribution in [0.25, 0.3) is 0 Å². The van der Waals surface area contributed by atoms with Crippen LogP contribution in [0.15, 0.2) is 59.3 Å². The van der Waals surface area contributed by atoms with Crippen LogP contribution in [-0.4, -0.2) is 10.4 Å². The average Bonchev–Trinajstić information content (AvgIpc) is 2.51. The van der Waals surface area contributed by atoms with E-state index < -0.39 is 14.0 Å². The van der Waals surface area contributed by atoms with E-state index in [1.165, 1.54) is 22.5 Å². The van der Waals surface area contributed by atoms with Crippen molar-refractivity contribution >= 4 is 23.3 Å². The highest BCUT2D eigenvalue weighted by molar-refractivity contribution is 9.59. The molecular formula is C11H9BrF3NS. The van der Waals surface area contributed by atoms with Crippen molar-refractivity contribution in [3.63, 3.8) is 0 Å². The Labute approximate surface area is 106 Å². The number of alkyl halides is 3. The molecule has 6 heteroatoms. The lowest BCUT2D eigenvalue weighted by molar-refractivity contribution is -0.0349. The zero-order valence-electron chi connectivity index (χ0n) is 8.56. The molecule has 0 saturated heterocycles. The summed E-state index contributed by atoms with van der Waals surface area (Å²) in [5, 5.41) is 1.39. The monoisotopic (exact) mass is 323 g/mol. The lowest BCUT2D eigenvalue weighted by Gasteiger charge is -2.35. The first-order chi connectivity index (χ1) is 7.95. The predicted octanol–water partition coefficient (Wildman–Crippen LogP) is 4.89. The minimum Gasteiger partial charge on any atom is -0.319 e. The van der Waals surface area contributed by atoms with Gasteiger partial charge in [0.25, 0.3) is 0 Å². The number of nitrogens with zero attached hydrogens (tertiary/aromatic N) is 1. The third kappa shape index (κ3) is 2.24. The molecule has 1 nitrogen and oxygen atoms in total. The Morgan fingerprint density at radius 2 is 1.59 bits per heavy atom. The van der Waals surface area contributed by atoms with Crippen LogP contribution in [0.3, 0.4) is 0 Å². The summed E-state index contributed by atoms with van der Waals surface area (Å²) in [6.45, 7) is 0. The predicted molar refractivity (Wildman–Crippen MR) is 69.1 cm³/mol. The molecule has 0 spiro atoms. The van der Waals surface area contributed by atoms with E-state index in [2.05, 4.69) is 14.8 Å². The fraction of sp³-hybridized carbons (Fsp3) is 0.0909. The van der Waals surface area contributed by atoms with E-state index in [0.29, 0.717) is 0 Å². The molecule has 0 aromatic rings. The fourth-order valence-electron chi connectivity index (χ4n) is 1.44. The first-order valence-electron chi connectivity index (χ1n) is 4.73. The Morgan fingerprint density at radius 1 is 1.00 bits per heavy atom. The van der Waals surface area contributed by atoms with E-state index in [1.54, 1.807) is 36.7 Å². The molecule has 0 aliphatic carbocycles. The van der Waals surface area contributed by atoms with Crippen LogP contribution in [0.4, 0.5) is 13.2 Å². The molecule has 0 saturated carbocycles. The van der Waals surface area contributed by atoms with Crippen LogP contribution in [0.2, 0.25) is 0 Å². The van der Waals surface area contributed by atoms with Crippen molar-refractivity contribution in [2.24, 2.45) is 0 Å². The molecule has 1 unspecified atom stereocenters. The van der Waals surface area contributed by atoms with Crippen molar-refractivity contribution in [2.75, 3.05) is 0 Å². The second-order valence-corrected chi connectivity index (χ2v) is 8.72. The Hall–Kier alpha value is -0.880. The molecule has 0 aromatic heterocycles. The molecule has 92 valence electrons. The van der Waals surface area contributed by atoms with Crippen molar-refractivity contribution in [3.05, 3.63) is 59.3 Å². The van der Waals surface area contributed by atoms with Gasteiger partial charge in [0.1, 0.15) is 0 Å². The SMILES string of the molecule is FC(F)(F)S1(Br)C=CC=C1N1C=CC=CC=C1. The maximum atomic E-state index is 13.1. The lowest BCUT2D eigenvalue weighted by Crippen LogP contribution is -2.20. The van der Waals surface area contributed by atoms with Gasteiger partial charge in [-0.3, -0.25) is 0 Å². The summed E-state index contributed by atoms with van der Waals surface area (Å²) in [6, 6.07) is 0. The highest BCUT2D eigenvalue weighted by Crippen LogP contribution is 2.76. The van der Waals surface area contributed by atoms with Gasteiger partial charge in [0.05, 0.1) is 5.03 Å². The van der Waals surface area contributed by atoms with E-state index in [-0.39, 0.29) is 5.03 Å². The minimum absolute atomic E-state index is 0.209. The van der Waals surface area contributed by atoms with Crippen molar-refractivity contribution in [3.8, 4) is 0 Å². The van der Waals surface area contributed by atoms with Gasteiger partial charge >= 0.3 is 5.51 Å². The van der Waals surface area contributed by atoms with Crippen LogP contribution in [-0.2, 0) is 0 Å². The van der Waals surface area contributed by atoms with Crippen LogP contribution in [0.5, 0.6) is 0 Å². The Bertz CT molecular complexity index is 446. The van der Waals surface area contributed by atoms with Crippen molar-refractivity contribution < 1.29 is 13.2 Å². The summed E-state index contributed by atoms with van der Waals surface area (Å²) in [6.07, 6.45) is 13.0. The number of halogens is 4. The summed E-state index contributed by atoms with van der Waals surface area (Å²) in [5.41, 5.74) is -4.30. The van der Waals surface area contributed by atoms with Gasteiger partial charge in [-0.05, 0) is 46.9 Å². The molecule has 17 heavy (non-hydrogen) atoms. The van der Waals surface area contributed by atoms with Gasteiger partial charge in [-0.2, -0.15) is 13.2 Å². The normalized spacial score (nSPS) is 31.3.